The van der Waals surface area contributed by atoms with Crippen molar-refractivity contribution < 1.29 is 14.3 Å². The zero-order chi connectivity index (χ0) is 24.6. The summed E-state index contributed by atoms with van der Waals surface area (Å²) in [5, 5.41) is 6.38. The monoisotopic (exact) mass is 502 g/mol. The van der Waals surface area contributed by atoms with Crippen LogP contribution in [0.4, 0.5) is 16.3 Å². The van der Waals surface area contributed by atoms with Crippen molar-refractivity contribution in [3.05, 3.63) is 66.5 Å². The van der Waals surface area contributed by atoms with Crippen LogP contribution in [0, 0.1) is 0 Å². The van der Waals surface area contributed by atoms with E-state index in [1.807, 2.05) is 30.3 Å². The van der Waals surface area contributed by atoms with Crippen LogP contribution in [-0.4, -0.2) is 39.2 Å². The number of benzene rings is 1. The van der Waals surface area contributed by atoms with Gasteiger partial charge in [-0.05, 0) is 43.2 Å². The third kappa shape index (κ3) is 4.16. The van der Waals surface area contributed by atoms with Gasteiger partial charge in [0.15, 0.2) is 0 Å². The number of rotatable bonds is 5. The van der Waals surface area contributed by atoms with Gasteiger partial charge < -0.3 is 21.1 Å². The number of anilines is 2. The van der Waals surface area contributed by atoms with Gasteiger partial charge in [0.05, 0.1) is 17.9 Å². The second-order valence-electron chi connectivity index (χ2n) is 9.18. The number of para-hydroxylation sites is 1. The van der Waals surface area contributed by atoms with Crippen LogP contribution >= 0.6 is 11.8 Å². The summed E-state index contributed by atoms with van der Waals surface area (Å²) < 4.78 is 5.83. The van der Waals surface area contributed by atoms with Gasteiger partial charge >= 0.3 is 6.03 Å². The number of urea groups is 1. The van der Waals surface area contributed by atoms with Gasteiger partial charge in [-0.2, -0.15) is 0 Å². The van der Waals surface area contributed by atoms with Crippen LogP contribution in [0.25, 0.3) is 0 Å². The maximum Gasteiger partial charge on any atom is 0.328 e. The Balaban J connectivity index is 1.24. The lowest BCUT2D eigenvalue weighted by atomic mass is 9.90. The van der Waals surface area contributed by atoms with E-state index < -0.39 is 11.3 Å². The molecule has 4 heterocycles. The normalized spacial score (nSPS) is 24.6. The predicted molar refractivity (Wildman–Crippen MR) is 136 cm³/mol. The number of amides is 3. The fourth-order valence-corrected chi connectivity index (χ4v) is 6.28. The van der Waals surface area contributed by atoms with Crippen LogP contribution in [0.5, 0.6) is 11.5 Å². The molecule has 10 heteroatoms. The standard InChI is InChI=1S/C26H26N6O3S/c27-17-8-4-5-9-18(17)30-24(33)23-22-21-19(12-13-28-25(21)36-23)32(26(34)31-22)20-11-10-16(14-29-20)35-15-6-2-1-3-7-15/h1-3,6-7,10-14,17-18,22-23H,4-5,8-9,27H2,(H,30,33)(H,31,34)/t17-,18+,22?,23?/m0/s1. The number of nitrogens with one attached hydrogen (secondary N) is 2. The highest BCUT2D eigenvalue weighted by Gasteiger charge is 2.47. The van der Waals surface area contributed by atoms with E-state index in [0.717, 1.165) is 36.3 Å². The van der Waals surface area contributed by atoms with E-state index in [1.54, 1.807) is 30.6 Å². The van der Waals surface area contributed by atoms with Crippen molar-refractivity contribution >= 4 is 35.2 Å². The molecule has 1 fully saturated rings. The van der Waals surface area contributed by atoms with Crippen LogP contribution < -0.4 is 26.0 Å². The number of carbonyl (C=O) groups is 2. The lowest BCUT2D eigenvalue weighted by Gasteiger charge is -2.34. The number of pyridine rings is 2. The van der Waals surface area contributed by atoms with Gasteiger partial charge in [0, 0.05) is 23.8 Å². The Bertz CT molecular complexity index is 1290. The van der Waals surface area contributed by atoms with Crippen molar-refractivity contribution in [2.45, 2.75) is 54.1 Å². The van der Waals surface area contributed by atoms with Gasteiger partial charge in [0.1, 0.15) is 27.6 Å². The van der Waals surface area contributed by atoms with Gasteiger partial charge in [-0.15, -0.1) is 0 Å². The van der Waals surface area contributed by atoms with E-state index in [9.17, 15) is 9.59 Å². The molecule has 1 aromatic carbocycles. The van der Waals surface area contributed by atoms with E-state index in [0.29, 0.717) is 23.0 Å². The smallest absolute Gasteiger partial charge is 0.328 e. The van der Waals surface area contributed by atoms with E-state index in [2.05, 4.69) is 20.6 Å². The molecule has 2 aliphatic heterocycles. The van der Waals surface area contributed by atoms with Crippen LogP contribution in [0.3, 0.4) is 0 Å². The SMILES string of the molecule is N[C@H]1CCCC[C@H]1NC(=O)C1Sc2nccc3c2C1NC(=O)N3c1ccc(Oc2ccccc2)cn1. The van der Waals surface area contributed by atoms with Crippen LogP contribution in [-0.2, 0) is 4.79 Å². The second kappa shape index (κ2) is 9.44. The molecule has 1 aliphatic carbocycles. The number of hydrogen-bond acceptors (Lipinski definition) is 7. The highest BCUT2D eigenvalue weighted by molar-refractivity contribution is 8.01. The molecule has 2 unspecified atom stereocenters. The molecular weight excluding hydrogens is 476 g/mol. The zero-order valence-corrected chi connectivity index (χ0v) is 20.3. The van der Waals surface area contributed by atoms with E-state index in [1.165, 1.54) is 16.7 Å². The summed E-state index contributed by atoms with van der Waals surface area (Å²) in [5.41, 5.74) is 7.76. The molecule has 4 atom stereocenters. The summed E-state index contributed by atoms with van der Waals surface area (Å²) in [4.78, 5) is 37.1. The van der Waals surface area contributed by atoms with Crippen molar-refractivity contribution in [3.63, 3.8) is 0 Å². The van der Waals surface area contributed by atoms with Crippen molar-refractivity contribution in [1.29, 1.82) is 0 Å². The van der Waals surface area contributed by atoms with Gasteiger partial charge in [-0.25, -0.2) is 19.7 Å². The maximum atomic E-state index is 13.3. The number of nitrogens with zero attached hydrogens (tertiary/aromatic N) is 3. The first-order valence-corrected chi connectivity index (χ1v) is 13.0. The topological polar surface area (TPSA) is 122 Å². The zero-order valence-electron chi connectivity index (χ0n) is 19.5. The Labute approximate surface area is 212 Å². The van der Waals surface area contributed by atoms with Crippen LogP contribution in [0.2, 0.25) is 0 Å². The second-order valence-corrected chi connectivity index (χ2v) is 10.3. The molecule has 3 aromatic rings. The number of nitrogens with two attached hydrogens (primary N) is 1. The van der Waals surface area contributed by atoms with Crippen LogP contribution in [0.1, 0.15) is 37.3 Å². The number of ether oxygens (including phenoxy) is 1. The first-order valence-electron chi connectivity index (χ1n) is 12.1. The maximum absolute atomic E-state index is 13.3. The number of carbonyl (C=O) groups excluding carboxylic acids is 2. The Morgan fingerprint density at radius 2 is 1.92 bits per heavy atom. The minimum atomic E-state index is -0.511. The summed E-state index contributed by atoms with van der Waals surface area (Å²) in [6, 6.07) is 13.8. The highest BCUT2D eigenvalue weighted by Crippen LogP contribution is 2.50. The van der Waals surface area contributed by atoms with Crippen molar-refractivity contribution in [2.75, 3.05) is 4.90 Å². The summed E-state index contributed by atoms with van der Waals surface area (Å²) in [6.07, 6.45) is 7.18. The average Bonchev–Trinajstić information content (AvgIpc) is 3.26. The molecule has 3 amide bonds. The lowest BCUT2D eigenvalue weighted by molar-refractivity contribution is -0.122. The van der Waals surface area contributed by atoms with Crippen molar-refractivity contribution in [2.24, 2.45) is 5.73 Å². The molecule has 3 aliphatic rings. The van der Waals surface area contributed by atoms with Gasteiger partial charge in [-0.1, -0.05) is 42.8 Å². The first kappa shape index (κ1) is 22.8. The summed E-state index contributed by atoms with van der Waals surface area (Å²) in [5.74, 6) is 1.60. The minimum Gasteiger partial charge on any atom is -0.456 e. The van der Waals surface area contributed by atoms with E-state index in [4.69, 9.17) is 10.5 Å². The first-order chi connectivity index (χ1) is 17.6. The van der Waals surface area contributed by atoms with Crippen molar-refractivity contribution in [3.8, 4) is 11.5 Å². The number of aromatic nitrogens is 2. The molecule has 184 valence electrons. The molecule has 0 radical (unpaired) electrons. The molecular formula is C26H26N6O3S. The summed E-state index contributed by atoms with van der Waals surface area (Å²) >= 11 is 1.38. The quantitative estimate of drug-likeness (QED) is 0.481. The van der Waals surface area contributed by atoms with E-state index >= 15 is 0 Å². The minimum absolute atomic E-state index is 0.0403. The molecule has 1 saturated carbocycles. The van der Waals surface area contributed by atoms with Gasteiger partial charge in [0.25, 0.3) is 0 Å². The Morgan fingerprint density at radius 3 is 2.69 bits per heavy atom. The Kier molecular flexibility index (Phi) is 5.98. The third-order valence-electron chi connectivity index (χ3n) is 6.84. The average molecular weight is 503 g/mol. The summed E-state index contributed by atoms with van der Waals surface area (Å²) in [7, 11) is 0. The molecule has 0 saturated heterocycles. The third-order valence-corrected chi connectivity index (χ3v) is 8.13. The predicted octanol–water partition coefficient (Wildman–Crippen LogP) is 4.03. The lowest BCUT2D eigenvalue weighted by Crippen LogP contribution is -2.54. The fraction of sp³-hybridized carbons (Fsp3) is 0.308. The molecule has 0 spiro atoms. The van der Waals surface area contributed by atoms with Gasteiger partial charge in [-0.3, -0.25) is 4.79 Å². The van der Waals surface area contributed by atoms with Crippen molar-refractivity contribution in [1.82, 2.24) is 20.6 Å². The fourth-order valence-electron chi connectivity index (χ4n) is 5.05. The largest absolute Gasteiger partial charge is 0.456 e. The van der Waals surface area contributed by atoms with Gasteiger partial charge in [0.2, 0.25) is 5.91 Å². The Morgan fingerprint density at radius 1 is 1.08 bits per heavy atom. The molecule has 4 N–H and O–H groups in total. The van der Waals surface area contributed by atoms with E-state index in [-0.39, 0.29) is 24.0 Å². The summed E-state index contributed by atoms with van der Waals surface area (Å²) in [6.45, 7) is 0. The Hall–Kier alpha value is -3.63. The molecule has 6 rings (SSSR count). The van der Waals surface area contributed by atoms with Crippen LogP contribution in [0.15, 0.2) is 66.0 Å². The number of thioether (sulfide) groups is 1. The molecule has 36 heavy (non-hydrogen) atoms. The number of hydrogen-bond donors (Lipinski definition) is 3. The molecule has 9 nitrogen and oxygen atoms in total. The molecule has 0 bridgehead atoms. The highest BCUT2D eigenvalue weighted by atomic mass is 32.2. The molecule has 2 aromatic heterocycles.